The van der Waals surface area contributed by atoms with Crippen molar-refractivity contribution in [3.63, 3.8) is 0 Å². The molecule has 7 nitrogen and oxygen atoms in total. The zero-order valence-electron chi connectivity index (χ0n) is 22.5. The van der Waals surface area contributed by atoms with Crippen LogP contribution in [0.15, 0.2) is 0 Å². The van der Waals surface area contributed by atoms with Gasteiger partial charge >= 0.3 is 17.9 Å². The molecule has 0 spiro atoms. The van der Waals surface area contributed by atoms with Crippen LogP contribution < -0.4 is 0 Å². The predicted molar refractivity (Wildman–Crippen MR) is 134 cm³/mol. The fourth-order valence-corrected chi connectivity index (χ4v) is 9.35. The van der Waals surface area contributed by atoms with Crippen LogP contribution in [0.1, 0.15) is 97.8 Å². The molecule has 204 valence electrons. The van der Waals surface area contributed by atoms with Gasteiger partial charge in [-0.25, -0.2) is 0 Å². The van der Waals surface area contributed by atoms with Crippen molar-refractivity contribution in [2.75, 3.05) is 7.11 Å². The first-order valence-electron chi connectivity index (χ1n) is 14.2. The van der Waals surface area contributed by atoms with E-state index in [0.29, 0.717) is 41.9 Å². The van der Waals surface area contributed by atoms with Gasteiger partial charge in [-0.15, -0.1) is 0 Å². The summed E-state index contributed by atoms with van der Waals surface area (Å²) in [5, 5.41) is 20.5. The highest BCUT2D eigenvalue weighted by Crippen LogP contribution is 2.68. The van der Waals surface area contributed by atoms with Crippen LogP contribution in [0.5, 0.6) is 0 Å². The van der Waals surface area contributed by atoms with Crippen molar-refractivity contribution in [1.82, 2.24) is 0 Å². The number of carbonyl (C=O) groups excluding carboxylic acids is 2. The van der Waals surface area contributed by atoms with Gasteiger partial charge in [0.05, 0.1) is 26.1 Å². The van der Waals surface area contributed by atoms with Gasteiger partial charge in [-0.1, -0.05) is 20.8 Å². The second kappa shape index (κ2) is 10.6. The first-order chi connectivity index (χ1) is 17.0. The van der Waals surface area contributed by atoms with Crippen LogP contribution in [0.25, 0.3) is 0 Å². The standard InChI is InChI=1S/C29H46O7/c1-17(5-11-26(33)35-4)21-8-9-22-20-7-6-18-15-19(36-27(34)12-10-25(31)32)13-14-28(18,2)23(20)16-24(30)29(21,22)3/h17-24,30H,5-16H2,1-4H3,(H,31,32)/t17-,18-,19-,20+,21+,22-,23-,24+,28+,29+/m1/s1. The lowest BCUT2D eigenvalue weighted by Crippen LogP contribution is -2.59. The molecule has 2 N–H and O–H groups in total. The first-order valence-corrected chi connectivity index (χ1v) is 14.2. The quantitative estimate of drug-likeness (QED) is 0.447. The van der Waals surface area contributed by atoms with Gasteiger partial charge in [-0.05, 0) is 104 Å². The minimum atomic E-state index is -0.976. The number of hydrogen-bond donors (Lipinski definition) is 2. The van der Waals surface area contributed by atoms with Crippen molar-refractivity contribution in [1.29, 1.82) is 0 Å². The van der Waals surface area contributed by atoms with E-state index in [2.05, 4.69) is 20.8 Å². The fourth-order valence-electron chi connectivity index (χ4n) is 9.35. The molecule has 0 unspecified atom stereocenters. The van der Waals surface area contributed by atoms with Gasteiger partial charge in [0.1, 0.15) is 6.10 Å². The minimum Gasteiger partial charge on any atom is -0.481 e. The van der Waals surface area contributed by atoms with Gasteiger partial charge in [0.25, 0.3) is 0 Å². The number of aliphatic hydroxyl groups excluding tert-OH is 1. The van der Waals surface area contributed by atoms with Crippen LogP contribution >= 0.6 is 0 Å². The molecule has 4 aliphatic carbocycles. The maximum Gasteiger partial charge on any atom is 0.306 e. The van der Waals surface area contributed by atoms with Gasteiger partial charge in [-0.2, -0.15) is 0 Å². The Bertz CT molecular complexity index is 841. The summed E-state index contributed by atoms with van der Waals surface area (Å²) in [4.78, 5) is 34.6. The van der Waals surface area contributed by atoms with Crippen molar-refractivity contribution in [3.8, 4) is 0 Å². The number of carbonyl (C=O) groups is 3. The number of hydrogen-bond acceptors (Lipinski definition) is 6. The lowest BCUT2D eigenvalue weighted by molar-refractivity contribution is -0.182. The Morgan fingerprint density at radius 1 is 0.944 bits per heavy atom. The Balaban J connectivity index is 1.42. The lowest BCUT2D eigenvalue weighted by Gasteiger charge is -2.62. The molecule has 4 aliphatic rings. The molecule has 0 aromatic carbocycles. The zero-order chi connectivity index (χ0) is 26.3. The number of rotatable bonds is 8. The Labute approximate surface area is 215 Å². The van der Waals surface area contributed by atoms with Gasteiger partial charge in [-0.3, -0.25) is 14.4 Å². The molecule has 0 bridgehead atoms. The van der Waals surface area contributed by atoms with Crippen LogP contribution in [0.3, 0.4) is 0 Å². The molecule has 4 rings (SSSR count). The SMILES string of the molecule is COC(=O)CC[C@@H](C)[C@@H]1CC[C@@H]2[C@@H]3CC[C@@H]4C[C@H](OC(=O)CCC(=O)O)CC[C@]4(C)[C@@H]3C[C@H](O)[C@]21C. The van der Waals surface area contributed by atoms with E-state index in [1.54, 1.807) is 0 Å². The van der Waals surface area contributed by atoms with Crippen molar-refractivity contribution in [3.05, 3.63) is 0 Å². The Kier molecular flexibility index (Phi) is 8.09. The summed E-state index contributed by atoms with van der Waals surface area (Å²) in [5.41, 5.74) is 0.0422. The highest BCUT2D eigenvalue weighted by Gasteiger charge is 2.63. The summed E-state index contributed by atoms with van der Waals surface area (Å²) in [7, 11) is 1.44. The monoisotopic (exact) mass is 506 g/mol. The van der Waals surface area contributed by atoms with E-state index < -0.39 is 11.9 Å². The topological polar surface area (TPSA) is 110 Å². The second-order valence-electron chi connectivity index (χ2n) is 12.8. The molecular formula is C29H46O7. The maximum atomic E-state index is 12.1. The molecule has 4 saturated carbocycles. The molecule has 7 heteroatoms. The van der Waals surface area contributed by atoms with Crippen molar-refractivity contribution in [2.24, 2.45) is 46.3 Å². The summed E-state index contributed by atoms with van der Waals surface area (Å²) in [6.45, 7) is 6.99. The number of esters is 2. The highest BCUT2D eigenvalue weighted by molar-refractivity contribution is 5.76. The smallest absolute Gasteiger partial charge is 0.306 e. The molecule has 36 heavy (non-hydrogen) atoms. The van der Waals surface area contributed by atoms with Gasteiger partial charge in [0.2, 0.25) is 0 Å². The molecule has 0 saturated heterocycles. The van der Waals surface area contributed by atoms with E-state index in [9.17, 15) is 19.5 Å². The van der Waals surface area contributed by atoms with Crippen molar-refractivity contribution >= 4 is 17.9 Å². The third-order valence-electron chi connectivity index (χ3n) is 11.4. The summed E-state index contributed by atoms with van der Waals surface area (Å²) in [6, 6.07) is 0. The normalized spacial score (nSPS) is 42.4. The molecule has 0 radical (unpaired) electrons. The van der Waals surface area contributed by atoms with Gasteiger partial charge in [0.15, 0.2) is 0 Å². The molecule has 10 atom stereocenters. The summed E-state index contributed by atoms with van der Waals surface area (Å²) < 4.78 is 10.5. The fraction of sp³-hybridized carbons (Fsp3) is 0.897. The maximum absolute atomic E-state index is 12.1. The molecular weight excluding hydrogens is 460 g/mol. The van der Waals surface area contributed by atoms with Crippen LogP contribution in [0.2, 0.25) is 0 Å². The van der Waals surface area contributed by atoms with Crippen molar-refractivity contribution < 1.29 is 34.1 Å². The molecule has 0 aromatic rings. The lowest BCUT2D eigenvalue weighted by atomic mass is 9.43. The molecule has 0 amide bonds. The Morgan fingerprint density at radius 2 is 1.69 bits per heavy atom. The van der Waals surface area contributed by atoms with Crippen LogP contribution in [0, 0.1) is 46.3 Å². The van der Waals surface area contributed by atoms with Gasteiger partial charge < -0.3 is 19.7 Å². The van der Waals surface area contributed by atoms with Crippen LogP contribution in [-0.2, 0) is 23.9 Å². The highest BCUT2D eigenvalue weighted by atomic mass is 16.5. The van der Waals surface area contributed by atoms with E-state index in [1.807, 2.05) is 0 Å². The molecule has 4 fully saturated rings. The predicted octanol–water partition coefficient (Wildman–Crippen LogP) is 4.98. The summed E-state index contributed by atoms with van der Waals surface area (Å²) in [6.07, 6.45) is 8.64. The van der Waals surface area contributed by atoms with E-state index in [0.717, 1.165) is 51.4 Å². The molecule has 0 aromatic heterocycles. The van der Waals surface area contributed by atoms with Gasteiger partial charge in [0, 0.05) is 6.42 Å². The van der Waals surface area contributed by atoms with Crippen molar-refractivity contribution in [2.45, 2.75) is 110 Å². The summed E-state index contributed by atoms with van der Waals surface area (Å²) >= 11 is 0. The number of aliphatic carboxylic acids is 1. The molecule has 0 aliphatic heterocycles. The molecule has 0 heterocycles. The third-order valence-corrected chi connectivity index (χ3v) is 11.4. The van der Waals surface area contributed by atoms with Crippen LogP contribution in [0.4, 0.5) is 0 Å². The number of aliphatic hydroxyl groups is 1. The average molecular weight is 507 g/mol. The Hall–Kier alpha value is -1.63. The Morgan fingerprint density at radius 3 is 2.39 bits per heavy atom. The number of fused-ring (bicyclic) bond motifs is 5. The number of methoxy groups -OCH3 is 1. The van der Waals surface area contributed by atoms with E-state index in [1.165, 1.54) is 13.5 Å². The summed E-state index contributed by atoms with van der Waals surface area (Å²) in [5.74, 6) is 1.36. The number of carboxylic acid groups (broad SMARTS) is 1. The largest absolute Gasteiger partial charge is 0.481 e. The van der Waals surface area contributed by atoms with E-state index in [4.69, 9.17) is 14.6 Å². The second-order valence-corrected chi connectivity index (χ2v) is 12.8. The first kappa shape index (κ1) is 27.4. The van der Waals surface area contributed by atoms with E-state index in [-0.39, 0.29) is 41.8 Å². The third kappa shape index (κ3) is 4.93. The van der Waals surface area contributed by atoms with Crippen LogP contribution in [-0.4, -0.2) is 47.4 Å². The minimum absolute atomic E-state index is 0.0653. The number of ether oxygens (including phenoxy) is 2. The average Bonchev–Trinajstić information content (AvgIpc) is 3.20. The zero-order valence-corrected chi connectivity index (χ0v) is 22.5. The van der Waals surface area contributed by atoms with E-state index >= 15 is 0 Å². The number of carboxylic acids is 1.